The lowest BCUT2D eigenvalue weighted by atomic mass is 10.1. The van der Waals surface area contributed by atoms with Crippen molar-refractivity contribution in [3.05, 3.63) is 63.6 Å². The molecule has 0 aliphatic rings. The van der Waals surface area contributed by atoms with Gasteiger partial charge in [-0.3, -0.25) is 9.36 Å². The second-order valence-electron chi connectivity index (χ2n) is 8.08. The van der Waals surface area contributed by atoms with Crippen LogP contribution in [0.4, 0.5) is 0 Å². The Balaban J connectivity index is 2.30. The Hall–Kier alpha value is -1.65. The highest BCUT2D eigenvalue weighted by atomic mass is 28.4. The average Bonchev–Trinajstić information content (AvgIpc) is 2.46. The van der Waals surface area contributed by atoms with E-state index in [0.29, 0.717) is 6.61 Å². The van der Waals surface area contributed by atoms with Gasteiger partial charge >= 0.3 is 0 Å². The van der Waals surface area contributed by atoms with Gasteiger partial charge in [0.05, 0.1) is 6.61 Å². The molecule has 0 saturated heterocycles. The summed E-state index contributed by atoms with van der Waals surface area (Å²) in [5, 5.41) is 0.164. The van der Waals surface area contributed by atoms with Gasteiger partial charge in [0.1, 0.15) is 0 Å². The minimum atomic E-state index is -1.82. The van der Waals surface area contributed by atoms with Crippen molar-refractivity contribution >= 4 is 8.32 Å². The second kappa shape index (κ2) is 6.69. The number of rotatable bonds is 4. The van der Waals surface area contributed by atoms with Gasteiger partial charge in [0.25, 0.3) is 5.56 Å². The molecule has 24 heavy (non-hydrogen) atoms. The molecule has 0 aliphatic heterocycles. The van der Waals surface area contributed by atoms with Gasteiger partial charge in [0, 0.05) is 18.0 Å². The third-order valence-corrected chi connectivity index (χ3v) is 9.52. The number of aryl methyl sites for hydroxylation is 2. The minimum absolute atomic E-state index is 0.0139. The van der Waals surface area contributed by atoms with Crippen molar-refractivity contribution in [2.75, 3.05) is 0 Å². The van der Waals surface area contributed by atoms with E-state index in [4.69, 9.17) is 4.43 Å². The first kappa shape index (κ1) is 18.7. The zero-order chi connectivity index (χ0) is 18.1. The van der Waals surface area contributed by atoms with E-state index in [0.717, 1.165) is 22.4 Å². The van der Waals surface area contributed by atoms with Crippen molar-refractivity contribution in [2.45, 2.75) is 59.4 Å². The number of nitrogens with zero attached hydrogens (tertiary/aromatic N) is 1. The molecular formula is C20H29NO2Si. The maximum absolute atomic E-state index is 12.5. The van der Waals surface area contributed by atoms with E-state index in [2.05, 4.69) is 33.9 Å². The SMILES string of the molecule is Cc1cccc(-n2cc(C)c(CO[Si](C)(C)C(C)(C)C)cc2=O)c1. The fourth-order valence-corrected chi connectivity index (χ4v) is 3.23. The Morgan fingerprint density at radius 2 is 1.79 bits per heavy atom. The van der Waals surface area contributed by atoms with Gasteiger partial charge in [-0.25, -0.2) is 0 Å². The first-order chi connectivity index (χ1) is 11.0. The largest absolute Gasteiger partial charge is 0.413 e. The van der Waals surface area contributed by atoms with Gasteiger partial charge in [-0.15, -0.1) is 0 Å². The number of hydrogen-bond acceptors (Lipinski definition) is 2. The molecule has 130 valence electrons. The van der Waals surface area contributed by atoms with E-state index in [1.807, 2.05) is 44.3 Å². The van der Waals surface area contributed by atoms with Crippen LogP contribution in [0.15, 0.2) is 41.3 Å². The molecule has 3 nitrogen and oxygen atoms in total. The zero-order valence-electron chi connectivity index (χ0n) is 15.9. The molecular weight excluding hydrogens is 314 g/mol. The zero-order valence-corrected chi connectivity index (χ0v) is 16.9. The Labute approximate surface area is 146 Å². The topological polar surface area (TPSA) is 31.2 Å². The van der Waals surface area contributed by atoms with Crippen LogP contribution in [0.2, 0.25) is 18.1 Å². The first-order valence-electron chi connectivity index (χ1n) is 8.44. The standard InChI is InChI=1S/C20H29NO2Si/c1-15-9-8-10-18(11-15)21-13-16(2)17(12-19(21)22)14-23-24(6,7)20(3,4)5/h8-13H,14H2,1-7H3. The molecule has 0 N–H and O–H groups in total. The molecule has 2 aromatic rings. The summed E-state index contributed by atoms with van der Waals surface area (Å²) in [4.78, 5) is 12.5. The highest BCUT2D eigenvalue weighted by Crippen LogP contribution is 2.37. The normalized spacial score (nSPS) is 12.5. The van der Waals surface area contributed by atoms with E-state index in [1.165, 1.54) is 0 Å². The quantitative estimate of drug-likeness (QED) is 0.733. The average molecular weight is 344 g/mol. The van der Waals surface area contributed by atoms with Crippen molar-refractivity contribution in [3.63, 3.8) is 0 Å². The molecule has 2 rings (SSSR count). The number of hydrogen-bond donors (Lipinski definition) is 0. The van der Waals surface area contributed by atoms with Gasteiger partial charge in [-0.1, -0.05) is 32.9 Å². The molecule has 0 amide bonds. The molecule has 0 unspecified atom stereocenters. The number of pyridine rings is 1. The van der Waals surface area contributed by atoms with Crippen LogP contribution in [0.1, 0.15) is 37.5 Å². The predicted molar refractivity (Wildman–Crippen MR) is 103 cm³/mol. The van der Waals surface area contributed by atoms with E-state index >= 15 is 0 Å². The molecule has 0 aliphatic carbocycles. The van der Waals surface area contributed by atoms with Gasteiger partial charge in [-0.2, -0.15) is 0 Å². The summed E-state index contributed by atoms with van der Waals surface area (Å²) in [6.07, 6.45) is 1.92. The van der Waals surface area contributed by atoms with Crippen LogP contribution < -0.4 is 5.56 Å². The first-order valence-corrected chi connectivity index (χ1v) is 11.4. The van der Waals surface area contributed by atoms with E-state index < -0.39 is 8.32 Å². The van der Waals surface area contributed by atoms with Crippen LogP contribution >= 0.6 is 0 Å². The third-order valence-electron chi connectivity index (χ3n) is 5.04. The second-order valence-corrected chi connectivity index (χ2v) is 12.9. The Bertz CT molecular complexity index is 785. The molecule has 0 spiro atoms. The maximum Gasteiger partial charge on any atom is 0.255 e. The van der Waals surface area contributed by atoms with E-state index in [1.54, 1.807) is 10.6 Å². The Morgan fingerprint density at radius 1 is 1.12 bits per heavy atom. The highest BCUT2D eigenvalue weighted by Gasteiger charge is 2.37. The van der Waals surface area contributed by atoms with Crippen molar-refractivity contribution in [1.82, 2.24) is 4.57 Å². The lowest BCUT2D eigenvalue weighted by Gasteiger charge is -2.36. The minimum Gasteiger partial charge on any atom is -0.413 e. The predicted octanol–water partition coefficient (Wildman–Crippen LogP) is 4.98. The molecule has 1 aromatic carbocycles. The van der Waals surface area contributed by atoms with Gasteiger partial charge in [0.2, 0.25) is 0 Å². The van der Waals surface area contributed by atoms with Crippen molar-refractivity contribution in [1.29, 1.82) is 0 Å². The van der Waals surface area contributed by atoms with Gasteiger partial charge in [0.15, 0.2) is 8.32 Å². The van der Waals surface area contributed by atoms with E-state index in [9.17, 15) is 4.79 Å². The summed E-state index contributed by atoms with van der Waals surface area (Å²) in [7, 11) is -1.82. The molecule has 4 heteroatoms. The molecule has 0 saturated carbocycles. The van der Waals surface area contributed by atoms with Crippen LogP contribution in [0.25, 0.3) is 5.69 Å². The molecule has 1 heterocycles. The summed E-state index contributed by atoms with van der Waals surface area (Å²) in [5.41, 5.74) is 4.09. The fourth-order valence-electron chi connectivity index (χ4n) is 2.28. The Morgan fingerprint density at radius 3 is 2.38 bits per heavy atom. The molecule has 0 fully saturated rings. The van der Waals surface area contributed by atoms with Crippen molar-refractivity contribution < 1.29 is 4.43 Å². The highest BCUT2D eigenvalue weighted by molar-refractivity contribution is 6.74. The third kappa shape index (κ3) is 4.05. The summed E-state index contributed by atoms with van der Waals surface area (Å²) in [5.74, 6) is 0. The van der Waals surface area contributed by atoms with Gasteiger partial charge < -0.3 is 4.43 Å². The lowest BCUT2D eigenvalue weighted by Crippen LogP contribution is -2.40. The van der Waals surface area contributed by atoms with Crippen LogP contribution in [-0.2, 0) is 11.0 Å². The van der Waals surface area contributed by atoms with E-state index in [-0.39, 0.29) is 10.6 Å². The number of aromatic nitrogens is 1. The molecule has 0 bridgehead atoms. The summed E-state index contributed by atoms with van der Waals surface area (Å²) in [6, 6.07) is 9.70. The van der Waals surface area contributed by atoms with Crippen LogP contribution in [0.5, 0.6) is 0 Å². The monoisotopic (exact) mass is 343 g/mol. The smallest absolute Gasteiger partial charge is 0.255 e. The molecule has 1 aromatic heterocycles. The number of benzene rings is 1. The molecule has 0 atom stereocenters. The van der Waals surface area contributed by atoms with Crippen LogP contribution in [0.3, 0.4) is 0 Å². The fraction of sp³-hybridized carbons (Fsp3) is 0.450. The van der Waals surface area contributed by atoms with Gasteiger partial charge in [-0.05, 0) is 60.8 Å². The van der Waals surface area contributed by atoms with Crippen molar-refractivity contribution in [2.24, 2.45) is 0 Å². The van der Waals surface area contributed by atoms with Crippen molar-refractivity contribution in [3.8, 4) is 5.69 Å². The maximum atomic E-state index is 12.5. The van der Waals surface area contributed by atoms with Crippen LogP contribution in [0, 0.1) is 13.8 Å². The summed E-state index contributed by atoms with van der Waals surface area (Å²) < 4.78 is 7.98. The summed E-state index contributed by atoms with van der Waals surface area (Å²) in [6.45, 7) is 15.7. The lowest BCUT2D eigenvalue weighted by molar-refractivity contribution is 0.275. The molecule has 0 radical (unpaired) electrons. The van der Waals surface area contributed by atoms with Crippen LogP contribution in [-0.4, -0.2) is 12.9 Å². The Kier molecular flexibility index (Phi) is 5.21. The summed E-state index contributed by atoms with van der Waals surface area (Å²) >= 11 is 0.